The summed E-state index contributed by atoms with van der Waals surface area (Å²) in [6, 6.07) is 0. The minimum atomic E-state index is -1.71. The highest BCUT2D eigenvalue weighted by atomic mass is 28.4. The van der Waals surface area contributed by atoms with Crippen molar-refractivity contribution < 1.29 is 14.0 Å². The van der Waals surface area contributed by atoms with E-state index in [1.54, 1.807) is 12.0 Å². The molecule has 0 fully saturated rings. The Kier molecular flexibility index (Phi) is 4.61. The molecule has 0 bridgehead atoms. The third kappa shape index (κ3) is 4.14. The van der Waals surface area contributed by atoms with E-state index in [9.17, 15) is 4.79 Å². The molecule has 104 valence electrons. The fraction of sp³-hybridized carbons (Fsp3) is 0.769. The van der Waals surface area contributed by atoms with Crippen molar-refractivity contribution in [2.45, 2.75) is 45.9 Å². The first-order chi connectivity index (χ1) is 8.15. The number of nitrogens with zero attached hydrogens (tertiary/aromatic N) is 1. The van der Waals surface area contributed by atoms with Gasteiger partial charge in [0, 0.05) is 20.2 Å². The number of amides is 1. The maximum absolute atomic E-state index is 11.9. The van der Waals surface area contributed by atoms with Crippen LogP contribution in [0.15, 0.2) is 11.3 Å². The van der Waals surface area contributed by atoms with E-state index in [-0.39, 0.29) is 6.09 Å². The van der Waals surface area contributed by atoms with Crippen LogP contribution in [0.1, 0.15) is 27.2 Å². The number of carbonyl (C=O) groups is 1. The van der Waals surface area contributed by atoms with Gasteiger partial charge in [-0.15, -0.1) is 0 Å². The highest BCUT2D eigenvalue weighted by Gasteiger charge is 2.31. The first kappa shape index (κ1) is 15.2. The number of hydrogen-bond acceptors (Lipinski definition) is 3. The Balaban J connectivity index is 2.61. The molecular formula is C13H25NO3Si. The summed E-state index contributed by atoms with van der Waals surface area (Å²) in [7, 11) is 0.0658. The lowest BCUT2D eigenvalue weighted by molar-refractivity contribution is 0.0266. The Labute approximate surface area is 111 Å². The van der Waals surface area contributed by atoms with Gasteiger partial charge in [0.15, 0.2) is 0 Å². The molecule has 0 N–H and O–H groups in total. The largest absolute Gasteiger partial charge is 0.444 e. The van der Waals surface area contributed by atoms with Gasteiger partial charge in [0.1, 0.15) is 5.60 Å². The molecule has 4 nitrogen and oxygen atoms in total. The Morgan fingerprint density at radius 3 is 2.39 bits per heavy atom. The van der Waals surface area contributed by atoms with E-state index in [1.807, 2.05) is 20.8 Å². The fourth-order valence-electron chi connectivity index (χ4n) is 1.84. The van der Waals surface area contributed by atoms with E-state index in [2.05, 4.69) is 19.2 Å². The smallest absolute Gasteiger partial charge is 0.410 e. The van der Waals surface area contributed by atoms with E-state index < -0.39 is 13.9 Å². The van der Waals surface area contributed by atoms with Crippen molar-refractivity contribution in [1.82, 2.24) is 4.90 Å². The van der Waals surface area contributed by atoms with Crippen LogP contribution in [-0.4, -0.2) is 45.1 Å². The molecule has 0 atom stereocenters. The van der Waals surface area contributed by atoms with Crippen LogP contribution in [0.5, 0.6) is 0 Å². The van der Waals surface area contributed by atoms with Gasteiger partial charge in [-0.3, -0.25) is 0 Å². The van der Waals surface area contributed by atoms with E-state index >= 15 is 0 Å². The number of rotatable bonds is 2. The molecule has 1 rings (SSSR count). The van der Waals surface area contributed by atoms with E-state index in [0.29, 0.717) is 6.54 Å². The van der Waals surface area contributed by atoms with Gasteiger partial charge in [-0.1, -0.05) is 11.3 Å². The Bertz CT molecular complexity index is 345. The molecule has 1 aliphatic rings. The normalized spacial score (nSPS) is 17.4. The van der Waals surface area contributed by atoms with Crippen LogP contribution in [0.2, 0.25) is 13.1 Å². The topological polar surface area (TPSA) is 38.8 Å². The van der Waals surface area contributed by atoms with Gasteiger partial charge in [-0.05, 0) is 40.3 Å². The quantitative estimate of drug-likeness (QED) is 0.725. The number of ether oxygens (including phenoxy) is 1. The molecule has 0 saturated carbocycles. The molecule has 18 heavy (non-hydrogen) atoms. The molecule has 0 saturated heterocycles. The highest BCUT2D eigenvalue weighted by Crippen LogP contribution is 2.23. The van der Waals surface area contributed by atoms with E-state index in [1.165, 1.54) is 5.20 Å². The second-order valence-corrected chi connectivity index (χ2v) is 10.2. The number of carbonyl (C=O) groups excluding carboxylic acids is 1. The van der Waals surface area contributed by atoms with Crippen LogP contribution in [0.25, 0.3) is 0 Å². The zero-order valence-corrected chi connectivity index (χ0v) is 13.4. The van der Waals surface area contributed by atoms with Gasteiger partial charge < -0.3 is 14.1 Å². The Hall–Kier alpha value is -0.813. The molecule has 0 aliphatic carbocycles. The molecule has 1 aliphatic heterocycles. The fourth-order valence-corrected chi connectivity index (χ4v) is 3.40. The van der Waals surface area contributed by atoms with Crippen molar-refractivity contribution >= 4 is 14.4 Å². The van der Waals surface area contributed by atoms with Gasteiger partial charge in [-0.2, -0.15) is 0 Å². The van der Waals surface area contributed by atoms with Crippen LogP contribution < -0.4 is 0 Å². The molecule has 5 heteroatoms. The van der Waals surface area contributed by atoms with Crippen LogP contribution in [-0.2, 0) is 9.16 Å². The van der Waals surface area contributed by atoms with Crippen LogP contribution >= 0.6 is 0 Å². The zero-order chi connectivity index (χ0) is 14.0. The summed E-state index contributed by atoms with van der Waals surface area (Å²) in [5.74, 6) is 0. The summed E-state index contributed by atoms with van der Waals surface area (Å²) in [6.07, 6.45) is 2.80. The van der Waals surface area contributed by atoms with Crippen molar-refractivity contribution in [3.63, 3.8) is 0 Å². The molecule has 1 heterocycles. The lowest BCUT2D eigenvalue weighted by atomic mass is 10.2. The molecule has 1 amide bonds. The lowest BCUT2D eigenvalue weighted by Gasteiger charge is -2.33. The lowest BCUT2D eigenvalue weighted by Crippen LogP contribution is -2.43. The van der Waals surface area contributed by atoms with Crippen molar-refractivity contribution in [2.24, 2.45) is 0 Å². The predicted octanol–water partition coefficient (Wildman–Crippen LogP) is 2.94. The minimum Gasteiger partial charge on any atom is -0.444 e. The van der Waals surface area contributed by atoms with E-state index in [0.717, 1.165) is 13.0 Å². The summed E-state index contributed by atoms with van der Waals surface area (Å²) < 4.78 is 11.0. The van der Waals surface area contributed by atoms with Crippen molar-refractivity contribution in [2.75, 3.05) is 20.2 Å². The van der Waals surface area contributed by atoms with Crippen LogP contribution in [0, 0.1) is 0 Å². The molecular weight excluding hydrogens is 246 g/mol. The van der Waals surface area contributed by atoms with Gasteiger partial charge in [-0.25, -0.2) is 4.79 Å². The second kappa shape index (κ2) is 5.44. The molecule has 0 aromatic rings. The average Bonchev–Trinajstić information content (AvgIpc) is 2.27. The third-order valence-electron chi connectivity index (χ3n) is 3.14. The average molecular weight is 271 g/mol. The molecule has 0 aromatic heterocycles. The summed E-state index contributed by atoms with van der Waals surface area (Å²) >= 11 is 0. The van der Waals surface area contributed by atoms with Gasteiger partial charge in [0.05, 0.1) is 0 Å². The predicted molar refractivity (Wildman–Crippen MR) is 75.0 cm³/mol. The second-order valence-electron chi connectivity index (χ2n) is 6.12. The van der Waals surface area contributed by atoms with Crippen LogP contribution in [0.4, 0.5) is 4.79 Å². The summed E-state index contributed by atoms with van der Waals surface area (Å²) in [6.45, 7) is 11.4. The van der Waals surface area contributed by atoms with Crippen molar-refractivity contribution in [3.8, 4) is 0 Å². The summed E-state index contributed by atoms with van der Waals surface area (Å²) in [5.41, 5.74) is -0.429. The number of hydrogen-bond donors (Lipinski definition) is 0. The maximum atomic E-state index is 11.9. The molecule has 0 spiro atoms. The Morgan fingerprint density at radius 2 is 2.00 bits per heavy atom. The standard InChI is InChI=1S/C13H25NO3Si/c1-13(2,3)17-12(15)14-9-7-11(8-10-14)18(5,6)16-4/h7H,8-10H2,1-6H3. The summed E-state index contributed by atoms with van der Waals surface area (Å²) in [5, 5.41) is 1.38. The first-order valence-electron chi connectivity index (χ1n) is 6.38. The van der Waals surface area contributed by atoms with Crippen molar-refractivity contribution in [1.29, 1.82) is 0 Å². The SMILES string of the molecule is CO[Si](C)(C)C1=CCN(C(=O)OC(C)(C)C)CC1. The minimum absolute atomic E-state index is 0.227. The van der Waals surface area contributed by atoms with Gasteiger partial charge in [0.2, 0.25) is 8.32 Å². The van der Waals surface area contributed by atoms with Gasteiger partial charge >= 0.3 is 6.09 Å². The van der Waals surface area contributed by atoms with Crippen molar-refractivity contribution in [3.05, 3.63) is 11.3 Å². The maximum Gasteiger partial charge on any atom is 0.410 e. The van der Waals surface area contributed by atoms with E-state index in [4.69, 9.17) is 9.16 Å². The molecule has 0 aromatic carbocycles. The molecule has 0 radical (unpaired) electrons. The Morgan fingerprint density at radius 1 is 1.39 bits per heavy atom. The first-order valence-corrected chi connectivity index (χ1v) is 9.29. The van der Waals surface area contributed by atoms with Gasteiger partial charge in [0.25, 0.3) is 0 Å². The third-order valence-corrected chi connectivity index (χ3v) is 6.17. The zero-order valence-electron chi connectivity index (χ0n) is 12.4. The van der Waals surface area contributed by atoms with Crippen LogP contribution in [0.3, 0.4) is 0 Å². The summed E-state index contributed by atoms with van der Waals surface area (Å²) in [4.78, 5) is 13.6. The molecule has 0 unspecified atom stereocenters. The highest BCUT2D eigenvalue weighted by molar-refractivity contribution is 6.78. The monoisotopic (exact) mass is 271 g/mol.